The lowest BCUT2D eigenvalue weighted by atomic mass is 10.2. The lowest BCUT2D eigenvalue weighted by Gasteiger charge is -2.13. The number of benzene rings is 4. The van der Waals surface area contributed by atoms with E-state index in [0.717, 1.165) is 5.56 Å². The highest BCUT2D eigenvalue weighted by molar-refractivity contribution is 6.30. The molecule has 1 aromatic heterocycles. The Morgan fingerprint density at radius 1 is 0.950 bits per heavy atom. The molecule has 1 N–H and O–H groups in total. The molecule has 200 valence electrons. The number of fused-ring (bicyclic) bond motifs is 1. The van der Waals surface area contributed by atoms with Crippen LogP contribution in [0.3, 0.4) is 0 Å². The van der Waals surface area contributed by atoms with Gasteiger partial charge in [-0.25, -0.2) is 4.98 Å². The van der Waals surface area contributed by atoms with Crippen molar-refractivity contribution in [3.63, 3.8) is 0 Å². The summed E-state index contributed by atoms with van der Waals surface area (Å²) in [4.78, 5) is 30.5. The number of amides is 1. The predicted molar refractivity (Wildman–Crippen MR) is 158 cm³/mol. The molecule has 0 aliphatic rings. The van der Waals surface area contributed by atoms with Gasteiger partial charge in [0.05, 0.1) is 23.7 Å². The molecule has 0 spiro atoms. The SMILES string of the molecule is CCOc1cc(C=Nn2c(-c3ccccc3)nc3ccccc3c2=O)ccc1OCC(=O)Nc1ccc(Cl)cc1. The number of hydrogen-bond acceptors (Lipinski definition) is 6. The van der Waals surface area contributed by atoms with Crippen LogP contribution in [0.2, 0.25) is 5.02 Å². The maximum Gasteiger partial charge on any atom is 0.282 e. The van der Waals surface area contributed by atoms with Crippen LogP contribution in [-0.2, 0) is 4.79 Å². The van der Waals surface area contributed by atoms with Crippen molar-refractivity contribution in [1.82, 2.24) is 9.66 Å². The van der Waals surface area contributed by atoms with Crippen LogP contribution in [0.4, 0.5) is 5.69 Å². The van der Waals surface area contributed by atoms with E-state index in [1.165, 1.54) is 4.68 Å². The lowest BCUT2D eigenvalue weighted by Crippen LogP contribution is -2.20. The molecule has 8 nitrogen and oxygen atoms in total. The fraction of sp³-hybridized carbons (Fsp3) is 0.0968. The molecule has 1 amide bonds. The van der Waals surface area contributed by atoms with Crippen LogP contribution in [0.25, 0.3) is 22.3 Å². The van der Waals surface area contributed by atoms with Crippen molar-refractivity contribution in [2.75, 3.05) is 18.5 Å². The van der Waals surface area contributed by atoms with Crippen LogP contribution in [0.1, 0.15) is 12.5 Å². The van der Waals surface area contributed by atoms with Gasteiger partial charge in [0, 0.05) is 16.3 Å². The largest absolute Gasteiger partial charge is 0.490 e. The van der Waals surface area contributed by atoms with Gasteiger partial charge in [0.15, 0.2) is 23.9 Å². The molecule has 9 heteroatoms. The first-order valence-corrected chi connectivity index (χ1v) is 13.0. The summed E-state index contributed by atoms with van der Waals surface area (Å²) in [6.45, 7) is 2.03. The standard InChI is InChI=1S/C31H25ClN4O4/c1-2-39-28-18-21(12-17-27(28)40-20-29(37)34-24-15-13-23(32)14-16-24)19-33-36-30(22-8-4-3-5-9-22)35-26-11-7-6-10-25(26)31(36)38/h3-19H,2,20H2,1H3,(H,34,37). The molecule has 0 atom stereocenters. The Morgan fingerprint density at radius 2 is 1.70 bits per heavy atom. The number of anilines is 1. The second-order valence-electron chi connectivity index (χ2n) is 8.66. The summed E-state index contributed by atoms with van der Waals surface area (Å²) in [7, 11) is 0. The monoisotopic (exact) mass is 552 g/mol. The maximum atomic E-state index is 13.4. The van der Waals surface area contributed by atoms with E-state index in [1.54, 1.807) is 66.9 Å². The number of para-hydroxylation sites is 1. The molecule has 0 unspecified atom stereocenters. The second kappa shape index (κ2) is 12.3. The van der Waals surface area contributed by atoms with E-state index in [9.17, 15) is 9.59 Å². The van der Waals surface area contributed by atoms with E-state index in [0.29, 0.717) is 51.1 Å². The Labute approximate surface area is 235 Å². The van der Waals surface area contributed by atoms with Crippen LogP contribution < -0.4 is 20.3 Å². The maximum absolute atomic E-state index is 13.4. The highest BCUT2D eigenvalue weighted by Gasteiger charge is 2.13. The summed E-state index contributed by atoms with van der Waals surface area (Å²) in [5.74, 6) is 0.946. The Kier molecular flexibility index (Phi) is 8.18. The summed E-state index contributed by atoms with van der Waals surface area (Å²) in [5.41, 5.74) is 2.36. The highest BCUT2D eigenvalue weighted by atomic mass is 35.5. The number of carbonyl (C=O) groups excluding carboxylic acids is 1. The van der Waals surface area contributed by atoms with Gasteiger partial charge in [-0.2, -0.15) is 9.78 Å². The zero-order valence-corrected chi connectivity index (χ0v) is 22.3. The van der Waals surface area contributed by atoms with E-state index >= 15 is 0 Å². The topological polar surface area (TPSA) is 94.8 Å². The lowest BCUT2D eigenvalue weighted by molar-refractivity contribution is -0.118. The van der Waals surface area contributed by atoms with Crippen LogP contribution >= 0.6 is 11.6 Å². The number of halogens is 1. The normalized spacial score (nSPS) is 11.1. The molecule has 5 aromatic rings. The average Bonchev–Trinajstić information content (AvgIpc) is 2.98. The smallest absolute Gasteiger partial charge is 0.282 e. The Bertz CT molecular complexity index is 1740. The van der Waals surface area contributed by atoms with Crippen LogP contribution in [-0.4, -0.2) is 35.0 Å². The zero-order chi connectivity index (χ0) is 27.9. The van der Waals surface area contributed by atoms with Gasteiger partial charge in [0.1, 0.15) is 0 Å². The molecule has 0 bridgehead atoms. The van der Waals surface area contributed by atoms with Crippen molar-refractivity contribution in [2.45, 2.75) is 6.92 Å². The van der Waals surface area contributed by atoms with Gasteiger partial charge in [0.2, 0.25) is 0 Å². The van der Waals surface area contributed by atoms with E-state index in [2.05, 4.69) is 10.4 Å². The molecule has 0 radical (unpaired) electrons. The number of ether oxygens (including phenoxy) is 2. The molecule has 1 heterocycles. The van der Waals surface area contributed by atoms with Gasteiger partial charge >= 0.3 is 0 Å². The fourth-order valence-electron chi connectivity index (χ4n) is 4.00. The van der Waals surface area contributed by atoms with Gasteiger partial charge in [-0.15, -0.1) is 0 Å². The van der Waals surface area contributed by atoms with E-state index in [1.807, 2.05) is 43.3 Å². The third kappa shape index (κ3) is 6.19. The molecule has 0 saturated carbocycles. The van der Waals surface area contributed by atoms with Crippen molar-refractivity contribution in [3.05, 3.63) is 118 Å². The Balaban J connectivity index is 1.40. The summed E-state index contributed by atoms with van der Waals surface area (Å²) < 4.78 is 12.8. The first kappa shape index (κ1) is 26.6. The quantitative estimate of drug-likeness (QED) is 0.226. The van der Waals surface area contributed by atoms with E-state index < -0.39 is 0 Å². The zero-order valence-electron chi connectivity index (χ0n) is 21.6. The van der Waals surface area contributed by atoms with Crippen molar-refractivity contribution in [2.24, 2.45) is 5.10 Å². The predicted octanol–water partition coefficient (Wildman–Crippen LogP) is 6.02. The fourth-order valence-corrected chi connectivity index (χ4v) is 4.12. The second-order valence-corrected chi connectivity index (χ2v) is 9.10. The molecule has 5 rings (SSSR count). The molecule has 0 saturated heterocycles. The summed E-state index contributed by atoms with van der Waals surface area (Å²) in [6, 6.07) is 28.6. The summed E-state index contributed by atoms with van der Waals surface area (Å²) in [5, 5.41) is 8.31. The Hall–Kier alpha value is -4.95. The van der Waals surface area contributed by atoms with Crippen molar-refractivity contribution < 1.29 is 14.3 Å². The Morgan fingerprint density at radius 3 is 2.48 bits per heavy atom. The van der Waals surface area contributed by atoms with Crippen molar-refractivity contribution >= 4 is 40.3 Å². The van der Waals surface area contributed by atoms with Crippen LogP contribution in [0.15, 0.2) is 107 Å². The number of carbonyl (C=O) groups is 1. The first-order chi connectivity index (χ1) is 19.5. The molecule has 0 fully saturated rings. The van der Waals surface area contributed by atoms with Gasteiger partial charge in [-0.3, -0.25) is 9.59 Å². The summed E-state index contributed by atoms with van der Waals surface area (Å²) in [6.07, 6.45) is 1.56. The third-order valence-electron chi connectivity index (χ3n) is 5.86. The third-order valence-corrected chi connectivity index (χ3v) is 6.11. The highest BCUT2D eigenvalue weighted by Crippen LogP contribution is 2.28. The minimum atomic E-state index is -0.327. The van der Waals surface area contributed by atoms with Crippen LogP contribution in [0, 0.1) is 0 Å². The number of rotatable bonds is 9. The molecular weight excluding hydrogens is 528 g/mol. The average molecular weight is 553 g/mol. The molecular formula is C31H25ClN4O4. The van der Waals surface area contributed by atoms with Gasteiger partial charge < -0.3 is 14.8 Å². The molecule has 0 aliphatic heterocycles. The first-order valence-electron chi connectivity index (χ1n) is 12.6. The van der Waals surface area contributed by atoms with Gasteiger partial charge in [-0.05, 0) is 67.1 Å². The number of nitrogens with zero attached hydrogens (tertiary/aromatic N) is 3. The minimum absolute atomic E-state index is 0.214. The van der Waals surface area contributed by atoms with Crippen LogP contribution in [0.5, 0.6) is 11.5 Å². The summed E-state index contributed by atoms with van der Waals surface area (Å²) >= 11 is 5.89. The number of nitrogens with one attached hydrogen (secondary N) is 1. The molecule has 40 heavy (non-hydrogen) atoms. The van der Waals surface area contributed by atoms with Gasteiger partial charge in [-0.1, -0.05) is 54.1 Å². The van der Waals surface area contributed by atoms with Crippen molar-refractivity contribution in [3.8, 4) is 22.9 Å². The minimum Gasteiger partial charge on any atom is -0.490 e. The molecule has 0 aliphatic carbocycles. The van der Waals surface area contributed by atoms with E-state index in [-0.39, 0.29) is 18.1 Å². The van der Waals surface area contributed by atoms with Crippen molar-refractivity contribution in [1.29, 1.82) is 0 Å². The van der Waals surface area contributed by atoms with Gasteiger partial charge in [0.25, 0.3) is 11.5 Å². The van der Waals surface area contributed by atoms with E-state index in [4.69, 9.17) is 26.1 Å². The number of hydrogen-bond donors (Lipinski definition) is 1. The molecule has 4 aromatic carbocycles. The number of aromatic nitrogens is 2.